The third kappa shape index (κ3) is 10.2. The third-order valence-electron chi connectivity index (χ3n) is 3.79. The number of benzene rings is 1. The Hall–Kier alpha value is -0.220. The minimum Gasteiger partial charge on any atom is -0.379 e. The Bertz CT molecular complexity index is 514. The molecule has 1 unspecified atom stereocenters. The van der Waals surface area contributed by atoms with Gasteiger partial charge in [-0.3, -0.25) is 4.99 Å². The largest absolute Gasteiger partial charge is 0.379 e. The molecule has 1 aromatic carbocycles. The van der Waals surface area contributed by atoms with Gasteiger partial charge in [0.15, 0.2) is 5.96 Å². The van der Waals surface area contributed by atoms with Crippen LogP contribution in [0.4, 0.5) is 0 Å². The summed E-state index contributed by atoms with van der Waals surface area (Å²) < 4.78 is 11.2. The van der Waals surface area contributed by atoms with Gasteiger partial charge in [-0.25, -0.2) is 0 Å². The molecule has 26 heavy (non-hydrogen) atoms. The molecule has 1 atom stereocenters. The van der Waals surface area contributed by atoms with Crippen LogP contribution in [0.15, 0.2) is 34.2 Å². The van der Waals surface area contributed by atoms with Crippen molar-refractivity contribution >= 4 is 53.3 Å². The number of halogens is 2. The summed E-state index contributed by atoms with van der Waals surface area (Å²) in [5.74, 6) is 1.79. The average molecular weight is 514 g/mol. The summed E-state index contributed by atoms with van der Waals surface area (Å²) in [5.41, 5.74) is 0. The van der Waals surface area contributed by atoms with Gasteiger partial charge < -0.3 is 20.1 Å². The molecule has 1 saturated heterocycles. The summed E-state index contributed by atoms with van der Waals surface area (Å²) in [6, 6.07) is 7.91. The van der Waals surface area contributed by atoms with E-state index in [0.29, 0.717) is 6.10 Å². The number of nitrogens with zero attached hydrogens (tertiary/aromatic N) is 1. The molecular weight excluding hydrogens is 485 g/mol. The van der Waals surface area contributed by atoms with Crippen molar-refractivity contribution in [1.29, 1.82) is 0 Å². The quantitative estimate of drug-likeness (QED) is 0.164. The van der Waals surface area contributed by atoms with Crippen LogP contribution < -0.4 is 10.6 Å². The van der Waals surface area contributed by atoms with E-state index in [0.717, 1.165) is 68.9 Å². The van der Waals surface area contributed by atoms with Crippen molar-refractivity contribution in [2.45, 2.75) is 30.3 Å². The number of aliphatic imine (C=N–C) groups is 1. The standard InChI is InChI=1S/C18H28ClN3O2S.HI/c1-20-18(21-9-3-11-23-14-16-4-2-12-24-16)22-10-13-25-17-7-5-15(19)6-8-17;/h5-8,16H,2-4,9-14H2,1H3,(H2,20,21,22);1H. The third-order valence-corrected chi connectivity index (χ3v) is 5.05. The van der Waals surface area contributed by atoms with Gasteiger partial charge in [-0.1, -0.05) is 11.6 Å². The van der Waals surface area contributed by atoms with Gasteiger partial charge >= 0.3 is 0 Å². The first kappa shape index (κ1) is 23.8. The van der Waals surface area contributed by atoms with E-state index in [1.165, 1.54) is 4.90 Å². The first-order valence-corrected chi connectivity index (χ1v) is 10.2. The summed E-state index contributed by atoms with van der Waals surface area (Å²) in [4.78, 5) is 5.45. The molecule has 2 N–H and O–H groups in total. The molecule has 8 heteroatoms. The first-order valence-electron chi connectivity index (χ1n) is 8.80. The molecule has 1 aromatic rings. The van der Waals surface area contributed by atoms with Gasteiger partial charge in [-0.2, -0.15) is 0 Å². The fraction of sp³-hybridized carbons (Fsp3) is 0.611. The highest BCUT2D eigenvalue weighted by Crippen LogP contribution is 2.19. The topological polar surface area (TPSA) is 54.9 Å². The molecule has 5 nitrogen and oxygen atoms in total. The first-order chi connectivity index (χ1) is 12.3. The van der Waals surface area contributed by atoms with Gasteiger partial charge in [-0.05, 0) is 43.5 Å². The van der Waals surface area contributed by atoms with Gasteiger partial charge in [-0.15, -0.1) is 35.7 Å². The van der Waals surface area contributed by atoms with Crippen LogP contribution in [0.3, 0.4) is 0 Å². The number of guanidine groups is 1. The molecule has 1 heterocycles. The van der Waals surface area contributed by atoms with Crippen molar-refractivity contribution in [3.05, 3.63) is 29.3 Å². The van der Waals surface area contributed by atoms with Gasteiger partial charge in [0.2, 0.25) is 0 Å². The molecule has 0 bridgehead atoms. The summed E-state index contributed by atoms with van der Waals surface area (Å²) in [6.45, 7) is 4.04. The number of ether oxygens (including phenoxy) is 2. The zero-order valence-electron chi connectivity index (χ0n) is 15.2. The maximum absolute atomic E-state index is 5.89. The number of thioether (sulfide) groups is 1. The van der Waals surface area contributed by atoms with E-state index in [1.54, 1.807) is 18.8 Å². The Morgan fingerprint density at radius 2 is 2.08 bits per heavy atom. The normalized spacial score (nSPS) is 17.0. The van der Waals surface area contributed by atoms with Crippen molar-refractivity contribution in [2.75, 3.05) is 45.7 Å². The van der Waals surface area contributed by atoms with Crippen LogP contribution in [0.2, 0.25) is 5.02 Å². The van der Waals surface area contributed by atoms with Gasteiger partial charge in [0.05, 0.1) is 12.7 Å². The maximum atomic E-state index is 5.89. The molecule has 148 valence electrons. The second-order valence-electron chi connectivity index (χ2n) is 5.79. The second kappa shape index (κ2) is 14.8. The lowest BCUT2D eigenvalue weighted by Gasteiger charge is -2.13. The Labute approximate surface area is 183 Å². The fourth-order valence-electron chi connectivity index (χ4n) is 2.46. The number of hydrogen-bond donors (Lipinski definition) is 2. The van der Waals surface area contributed by atoms with E-state index in [2.05, 4.69) is 15.6 Å². The maximum Gasteiger partial charge on any atom is 0.191 e. The molecule has 2 rings (SSSR count). The van der Waals surface area contributed by atoms with E-state index < -0.39 is 0 Å². The summed E-state index contributed by atoms with van der Waals surface area (Å²) in [6.07, 6.45) is 3.55. The van der Waals surface area contributed by atoms with Crippen molar-refractivity contribution in [3.8, 4) is 0 Å². The lowest BCUT2D eigenvalue weighted by Crippen LogP contribution is -2.39. The molecule has 0 radical (unpaired) electrons. The molecule has 1 fully saturated rings. The van der Waals surface area contributed by atoms with E-state index in [9.17, 15) is 0 Å². The summed E-state index contributed by atoms with van der Waals surface area (Å²) in [7, 11) is 1.79. The highest BCUT2D eigenvalue weighted by atomic mass is 127. The van der Waals surface area contributed by atoms with Crippen LogP contribution in [-0.4, -0.2) is 57.8 Å². The van der Waals surface area contributed by atoms with Crippen LogP contribution in [0.25, 0.3) is 0 Å². The van der Waals surface area contributed by atoms with E-state index in [1.807, 2.05) is 24.3 Å². The lowest BCUT2D eigenvalue weighted by atomic mass is 10.2. The zero-order valence-corrected chi connectivity index (χ0v) is 19.1. The summed E-state index contributed by atoms with van der Waals surface area (Å²) in [5, 5.41) is 7.39. The Balaban J connectivity index is 0.00000338. The van der Waals surface area contributed by atoms with Crippen molar-refractivity contribution in [1.82, 2.24) is 10.6 Å². The second-order valence-corrected chi connectivity index (χ2v) is 7.40. The van der Waals surface area contributed by atoms with E-state index in [-0.39, 0.29) is 24.0 Å². The van der Waals surface area contributed by atoms with Crippen molar-refractivity contribution in [3.63, 3.8) is 0 Å². The molecule has 1 aliphatic heterocycles. The SMILES string of the molecule is CN=C(NCCCOCC1CCCO1)NCCSc1ccc(Cl)cc1.I. The predicted octanol–water partition coefficient (Wildman–Crippen LogP) is 3.80. The van der Waals surface area contributed by atoms with Gasteiger partial charge in [0.1, 0.15) is 0 Å². The number of nitrogens with one attached hydrogen (secondary N) is 2. The fourth-order valence-corrected chi connectivity index (χ4v) is 3.36. The molecule has 0 spiro atoms. The average Bonchev–Trinajstić information content (AvgIpc) is 3.14. The van der Waals surface area contributed by atoms with Crippen molar-refractivity contribution in [2.24, 2.45) is 4.99 Å². The van der Waals surface area contributed by atoms with Crippen LogP contribution in [-0.2, 0) is 9.47 Å². The highest BCUT2D eigenvalue weighted by molar-refractivity contribution is 14.0. The molecule has 0 aliphatic carbocycles. The van der Waals surface area contributed by atoms with Crippen molar-refractivity contribution < 1.29 is 9.47 Å². The predicted molar refractivity (Wildman–Crippen MR) is 121 cm³/mol. The lowest BCUT2D eigenvalue weighted by molar-refractivity contribution is 0.0168. The Kier molecular flexibility index (Phi) is 13.5. The number of rotatable bonds is 10. The molecule has 0 saturated carbocycles. The smallest absolute Gasteiger partial charge is 0.191 e. The minimum atomic E-state index is 0. The Morgan fingerprint density at radius 3 is 2.77 bits per heavy atom. The zero-order chi connectivity index (χ0) is 17.7. The van der Waals surface area contributed by atoms with Gasteiger partial charge in [0.25, 0.3) is 0 Å². The van der Waals surface area contributed by atoms with Crippen LogP contribution >= 0.6 is 47.3 Å². The summed E-state index contributed by atoms with van der Waals surface area (Å²) >= 11 is 7.68. The van der Waals surface area contributed by atoms with Crippen LogP contribution in [0.5, 0.6) is 0 Å². The Morgan fingerprint density at radius 1 is 1.31 bits per heavy atom. The monoisotopic (exact) mass is 513 g/mol. The molecular formula is C18H29ClIN3O2S. The molecule has 1 aliphatic rings. The minimum absolute atomic E-state index is 0. The van der Waals surface area contributed by atoms with E-state index in [4.69, 9.17) is 21.1 Å². The highest BCUT2D eigenvalue weighted by Gasteiger charge is 2.14. The van der Waals surface area contributed by atoms with Crippen LogP contribution in [0, 0.1) is 0 Å². The van der Waals surface area contributed by atoms with Crippen LogP contribution in [0.1, 0.15) is 19.3 Å². The van der Waals surface area contributed by atoms with Gasteiger partial charge in [0, 0.05) is 49.0 Å². The van der Waals surface area contributed by atoms with E-state index >= 15 is 0 Å². The molecule has 0 aromatic heterocycles. The molecule has 0 amide bonds. The number of hydrogen-bond acceptors (Lipinski definition) is 4.